The summed E-state index contributed by atoms with van der Waals surface area (Å²) in [6.45, 7) is 23.6. The number of hydrogen-bond donors (Lipinski definition) is 0. The second-order valence-corrected chi connectivity index (χ2v) is 16.4. The molecule has 148 valence electrons. The van der Waals surface area contributed by atoms with Gasteiger partial charge in [-0.15, -0.1) is 0 Å². The first-order valence-electron chi connectivity index (χ1n) is 8.88. The van der Waals surface area contributed by atoms with E-state index >= 15 is 0 Å². The molecule has 0 N–H and O–H groups in total. The summed E-state index contributed by atoms with van der Waals surface area (Å²) in [6, 6.07) is 0. The summed E-state index contributed by atoms with van der Waals surface area (Å²) >= 11 is -3.93. The third-order valence-electron chi connectivity index (χ3n) is 2.59. The van der Waals surface area contributed by atoms with Gasteiger partial charge in [0.25, 0.3) is 0 Å². The molecular weight excluding hydrogens is 427 g/mol. The van der Waals surface area contributed by atoms with Crippen molar-refractivity contribution in [3.8, 4) is 0 Å². The van der Waals surface area contributed by atoms with Gasteiger partial charge in [-0.25, -0.2) is 0 Å². The summed E-state index contributed by atoms with van der Waals surface area (Å²) in [6.07, 6.45) is 0.636. The first-order valence-corrected chi connectivity index (χ1v) is 14.4. The van der Waals surface area contributed by atoms with Crippen LogP contribution in [0.25, 0.3) is 0 Å². The van der Waals surface area contributed by atoms with Gasteiger partial charge in [0.1, 0.15) is 0 Å². The monoisotopic (exact) mass is 466 g/mol. The topological polar surface area (TPSA) is 54.0 Å². The van der Waals surface area contributed by atoms with Crippen molar-refractivity contribution in [3.05, 3.63) is 12.2 Å². The molecule has 0 aromatic carbocycles. The fourth-order valence-corrected chi connectivity index (χ4v) is 13.1. The Morgan fingerprint density at radius 3 is 1.48 bits per heavy atom. The summed E-state index contributed by atoms with van der Waals surface area (Å²) in [4.78, 5) is 11.6. The molecule has 0 aromatic rings. The van der Waals surface area contributed by atoms with Gasteiger partial charge < -0.3 is 0 Å². The fraction of sp³-hybridized carbons (Fsp3) is 0.842. The summed E-state index contributed by atoms with van der Waals surface area (Å²) in [5, 5.41) is 0. The van der Waals surface area contributed by atoms with Crippen LogP contribution in [0.1, 0.15) is 75.7 Å². The van der Waals surface area contributed by atoms with Crippen molar-refractivity contribution in [2.24, 2.45) is 0 Å². The summed E-state index contributed by atoms with van der Waals surface area (Å²) < 4.78 is 25.2. The Hall–Kier alpha value is -0.111. The predicted molar refractivity (Wildman–Crippen MR) is 103 cm³/mol. The molecule has 0 aromatic heterocycles. The number of carbonyl (C=O) groups excluding carboxylic acids is 1. The SMILES string of the molecule is C=C(C)C(=O)OCC[CH2][Sn]([O]C(C)(C)C)([O]C(C)(C)C)[O]C(C)(C)C. The average Bonchev–Trinajstić information content (AvgIpc) is 2.27. The Bertz CT molecular complexity index is 411. The summed E-state index contributed by atoms with van der Waals surface area (Å²) in [7, 11) is 0. The van der Waals surface area contributed by atoms with Gasteiger partial charge in [0.2, 0.25) is 0 Å². The molecule has 0 radical (unpaired) electrons. The molecular formula is C19H38O5Sn. The van der Waals surface area contributed by atoms with Crippen LogP contribution >= 0.6 is 0 Å². The van der Waals surface area contributed by atoms with Gasteiger partial charge in [-0.3, -0.25) is 0 Å². The maximum absolute atomic E-state index is 11.6. The van der Waals surface area contributed by atoms with Gasteiger partial charge in [0, 0.05) is 0 Å². The molecule has 25 heavy (non-hydrogen) atoms. The minimum absolute atomic E-state index is 0.304. The van der Waals surface area contributed by atoms with E-state index in [1.165, 1.54) is 0 Å². The summed E-state index contributed by atoms with van der Waals surface area (Å²) in [5.41, 5.74) is -0.722. The Morgan fingerprint density at radius 2 is 1.20 bits per heavy atom. The molecule has 0 atom stereocenters. The van der Waals surface area contributed by atoms with Gasteiger partial charge in [0.15, 0.2) is 0 Å². The van der Waals surface area contributed by atoms with Crippen molar-refractivity contribution >= 4 is 25.6 Å². The van der Waals surface area contributed by atoms with Crippen LogP contribution in [0, 0.1) is 0 Å². The van der Waals surface area contributed by atoms with E-state index in [4.69, 9.17) is 14.0 Å². The zero-order valence-corrected chi connectivity index (χ0v) is 20.7. The molecule has 0 unspecified atom stereocenters. The third-order valence-corrected chi connectivity index (χ3v) is 13.3. The van der Waals surface area contributed by atoms with E-state index in [1.807, 2.05) is 62.3 Å². The van der Waals surface area contributed by atoms with E-state index in [-0.39, 0.29) is 22.8 Å². The van der Waals surface area contributed by atoms with Crippen molar-refractivity contribution in [3.63, 3.8) is 0 Å². The molecule has 5 nitrogen and oxygen atoms in total. The summed E-state index contributed by atoms with van der Waals surface area (Å²) in [5.74, 6) is -0.369. The molecule has 0 rings (SSSR count). The van der Waals surface area contributed by atoms with Crippen LogP contribution in [0.3, 0.4) is 0 Å². The molecule has 0 fully saturated rings. The van der Waals surface area contributed by atoms with Crippen LogP contribution < -0.4 is 0 Å². The van der Waals surface area contributed by atoms with Gasteiger partial charge in [-0.1, -0.05) is 0 Å². The Balaban J connectivity index is 5.30. The van der Waals surface area contributed by atoms with E-state index in [0.717, 1.165) is 0 Å². The second-order valence-electron chi connectivity index (χ2n) is 9.35. The minimum atomic E-state index is -3.93. The van der Waals surface area contributed by atoms with Crippen LogP contribution in [-0.4, -0.2) is 49.0 Å². The number of ether oxygens (including phenoxy) is 1. The van der Waals surface area contributed by atoms with Crippen LogP contribution in [0.4, 0.5) is 0 Å². The van der Waals surface area contributed by atoms with Gasteiger partial charge in [0.05, 0.1) is 0 Å². The predicted octanol–water partition coefficient (Wildman–Crippen LogP) is 4.88. The van der Waals surface area contributed by atoms with E-state index in [0.29, 0.717) is 23.0 Å². The van der Waals surface area contributed by atoms with Gasteiger partial charge in [-0.2, -0.15) is 0 Å². The maximum atomic E-state index is 11.6. The van der Waals surface area contributed by atoms with Crippen LogP contribution in [0.2, 0.25) is 4.44 Å². The van der Waals surface area contributed by atoms with Crippen LogP contribution in [-0.2, 0) is 18.8 Å². The zero-order valence-electron chi connectivity index (χ0n) is 17.9. The van der Waals surface area contributed by atoms with E-state index in [9.17, 15) is 4.79 Å². The zero-order chi connectivity index (χ0) is 20.1. The normalized spacial score (nSPS) is 13.7. The first-order chi connectivity index (χ1) is 10.9. The molecule has 0 saturated heterocycles. The van der Waals surface area contributed by atoms with Crippen molar-refractivity contribution in [1.29, 1.82) is 0 Å². The molecule has 0 saturated carbocycles. The third kappa shape index (κ3) is 12.8. The fourth-order valence-electron chi connectivity index (χ4n) is 2.19. The molecule has 0 spiro atoms. The molecule has 0 aliphatic carbocycles. The number of hydrogen-bond acceptors (Lipinski definition) is 5. The quantitative estimate of drug-likeness (QED) is 0.222. The van der Waals surface area contributed by atoms with Crippen molar-refractivity contribution in [1.82, 2.24) is 0 Å². The number of rotatable bonds is 8. The van der Waals surface area contributed by atoms with E-state index in [1.54, 1.807) is 6.92 Å². The van der Waals surface area contributed by atoms with Crippen LogP contribution in [0.15, 0.2) is 12.2 Å². The Labute approximate surface area is 159 Å². The molecule has 0 amide bonds. The Morgan fingerprint density at radius 1 is 0.840 bits per heavy atom. The molecule has 0 aliphatic heterocycles. The van der Waals surface area contributed by atoms with Crippen molar-refractivity contribution in [2.75, 3.05) is 6.61 Å². The van der Waals surface area contributed by atoms with E-state index in [2.05, 4.69) is 6.58 Å². The van der Waals surface area contributed by atoms with Gasteiger partial charge in [-0.05, 0) is 0 Å². The standard InChI is InChI=1S/C7H11O2.3C4H9O.Sn/c1-4-5-9-7(8)6(2)3;3*1-4(2,3)5;/h1-2,4-5H2,3H3;3*1-3H3;/q;3*-1;+3. The Kier molecular flexibility index (Phi) is 9.16. The first kappa shape index (κ1) is 24.9. The average molecular weight is 465 g/mol. The number of esters is 1. The second kappa shape index (κ2) is 9.20. The van der Waals surface area contributed by atoms with E-state index < -0.39 is 19.6 Å². The van der Waals surface area contributed by atoms with Crippen molar-refractivity contribution in [2.45, 2.75) is 96.9 Å². The number of carbonyl (C=O) groups is 1. The van der Waals surface area contributed by atoms with Crippen LogP contribution in [0.5, 0.6) is 0 Å². The van der Waals surface area contributed by atoms with Gasteiger partial charge >= 0.3 is 160 Å². The molecule has 0 heterocycles. The molecule has 6 heteroatoms. The molecule has 0 aliphatic rings. The van der Waals surface area contributed by atoms with Crippen molar-refractivity contribution < 1.29 is 18.8 Å². The molecule has 0 bridgehead atoms.